The van der Waals surface area contributed by atoms with Crippen LogP contribution in [0.25, 0.3) is 11.3 Å². The quantitative estimate of drug-likeness (QED) is 0.530. The minimum atomic E-state index is -1.15. The van der Waals surface area contributed by atoms with Gasteiger partial charge in [-0.1, -0.05) is 25.7 Å². The second kappa shape index (κ2) is 8.24. The van der Waals surface area contributed by atoms with E-state index in [2.05, 4.69) is 29.9 Å². The molecule has 0 saturated heterocycles. The number of ether oxygens (including phenoxy) is 1. The molecule has 2 heterocycles. The highest BCUT2D eigenvalue weighted by Crippen LogP contribution is 2.31. The Bertz CT molecular complexity index is 777. The third-order valence-corrected chi connectivity index (χ3v) is 6.17. The summed E-state index contributed by atoms with van der Waals surface area (Å²) in [5.41, 5.74) is 1.55. The lowest BCUT2D eigenvalue weighted by Gasteiger charge is -2.30. The Balaban J connectivity index is 1.71. The summed E-state index contributed by atoms with van der Waals surface area (Å²) in [6.07, 6.45) is 5.02. The number of rotatable bonds is 8. The number of nitrogens with zero attached hydrogens (tertiary/aromatic N) is 2. The Hall–Kier alpha value is -2.16. The molecule has 1 aromatic carbocycles. The Morgan fingerprint density at radius 2 is 2.22 bits per heavy atom. The van der Waals surface area contributed by atoms with Crippen molar-refractivity contribution in [3.8, 4) is 11.3 Å². The Kier molecular flexibility index (Phi) is 5.98. The van der Waals surface area contributed by atoms with E-state index in [1.165, 1.54) is 24.8 Å². The van der Waals surface area contributed by atoms with Gasteiger partial charge in [0.2, 0.25) is 0 Å². The molecule has 0 saturated carbocycles. The Labute approximate surface area is 159 Å². The van der Waals surface area contributed by atoms with Crippen LogP contribution in [-0.4, -0.2) is 42.6 Å². The average Bonchev–Trinajstić information content (AvgIpc) is 3.29. The average molecular weight is 392 g/mol. The highest BCUT2D eigenvalue weighted by atomic mass is 28.3. The molecule has 0 amide bonds. The zero-order valence-corrected chi connectivity index (χ0v) is 16.9. The van der Waals surface area contributed by atoms with Gasteiger partial charge in [-0.05, 0) is 23.7 Å². The summed E-state index contributed by atoms with van der Waals surface area (Å²) < 4.78 is 24.6. The molecule has 1 aliphatic heterocycles. The molecule has 2 atom stereocenters. The van der Waals surface area contributed by atoms with E-state index in [-0.39, 0.29) is 0 Å². The molecular weight excluding hydrogens is 365 g/mol. The minimum absolute atomic E-state index is 0.371. The van der Waals surface area contributed by atoms with Crippen molar-refractivity contribution in [2.24, 2.45) is 0 Å². The van der Waals surface area contributed by atoms with Gasteiger partial charge in [-0.3, -0.25) is 0 Å². The van der Waals surface area contributed by atoms with E-state index in [0.717, 1.165) is 6.04 Å². The largest absolute Gasteiger partial charge is 0.451 e. The van der Waals surface area contributed by atoms with Crippen LogP contribution in [0.3, 0.4) is 0 Å². The summed E-state index contributed by atoms with van der Waals surface area (Å²) in [5.74, 6) is -0.395. The molecule has 27 heavy (non-hydrogen) atoms. The minimum Gasteiger partial charge on any atom is -0.451 e. The van der Waals surface area contributed by atoms with Gasteiger partial charge in [0.05, 0.1) is 0 Å². The fourth-order valence-corrected chi connectivity index (χ4v) is 3.65. The van der Waals surface area contributed by atoms with Gasteiger partial charge in [-0.25, -0.2) is 9.37 Å². The molecule has 0 bridgehead atoms. The van der Waals surface area contributed by atoms with Crippen LogP contribution in [-0.2, 0) is 4.74 Å². The number of nitrogens with one attached hydrogen (secondary N) is 1. The molecule has 1 aromatic heterocycles. The molecule has 0 spiro atoms. The summed E-state index contributed by atoms with van der Waals surface area (Å²) in [5, 5.41) is 14.1. The van der Waals surface area contributed by atoms with Gasteiger partial charge in [-0.2, -0.15) is 0 Å². The number of hydrogen-bond donors (Lipinski definition) is 2. The molecule has 6 nitrogen and oxygen atoms in total. The standard InChI is InChI=1S/C19H26FN3O3Si/c1-27(2,3)9-8-25-13-23-7-6-21-19(23)18(24)15-5-4-14(20)10-16(15)17-11-26-12-22-17/h4-7,10-12,18-19,21,24H,8-9,13H2,1-3H3. The smallest absolute Gasteiger partial charge is 0.181 e. The van der Waals surface area contributed by atoms with Crippen molar-refractivity contribution in [1.29, 1.82) is 0 Å². The first-order chi connectivity index (χ1) is 12.8. The van der Waals surface area contributed by atoms with Gasteiger partial charge in [-0.15, -0.1) is 0 Å². The maximum atomic E-state index is 13.8. The highest BCUT2D eigenvalue weighted by Gasteiger charge is 2.30. The lowest BCUT2D eigenvalue weighted by molar-refractivity contribution is -0.00328. The summed E-state index contributed by atoms with van der Waals surface area (Å²) in [6.45, 7) is 7.99. The summed E-state index contributed by atoms with van der Waals surface area (Å²) in [6, 6.07) is 5.35. The highest BCUT2D eigenvalue weighted by molar-refractivity contribution is 6.76. The van der Waals surface area contributed by atoms with Gasteiger partial charge < -0.3 is 24.5 Å². The van der Waals surface area contributed by atoms with E-state index in [9.17, 15) is 9.50 Å². The number of hydrogen-bond acceptors (Lipinski definition) is 6. The Morgan fingerprint density at radius 3 is 2.93 bits per heavy atom. The van der Waals surface area contributed by atoms with E-state index in [1.807, 2.05) is 11.1 Å². The SMILES string of the molecule is C[Si](C)(C)CCOCN1C=CNC1C(O)c1ccc(F)cc1-c1cocn1. The van der Waals surface area contributed by atoms with Crippen molar-refractivity contribution < 1.29 is 18.7 Å². The zero-order valence-electron chi connectivity index (χ0n) is 15.9. The molecule has 2 N–H and O–H groups in total. The van der Waals surface area contributed by atoms with Crippen LogP contribution >= 0.6 is 0 Å². The van der Waals surface area contributed by atoms with Gasteiger partial charge in [0.15, 0.2) is 6.39 Å². The molecule has 0 radical (unpaired) electrons. The maximum Gasteiger partial charge on any atom is 0.181 e. The van der Waals surface area contributed by atoms with Crippen molar-refractivity contribution in [1.82, 2.24) is 15.2 Å². The normalized spacial score (nSPS) is 18.0. The second-order valence-corrected chi connectivity index (χ2v) is 13.5. The molecule has 2 unspecified atom stereocenters. The van der Waals surface area contributed by atoms with Crippen molar-refractivity contribution in [3.05, 3.63) is 54.6 Å². The maximum absolute atomic E-state index is 13.8. The lowest BCUT2D eigenvalue weighted by Crippen LogP contribution is -2.42. The van der Waals surface area contributed by atoms with Crippen LogP contribution in [0.2, 0.25) is 25.7 Å². The van der Waals surface area contributed by atoms with Crippen LogP contribution in [0.1, 0.15) is 11.7 Å². The van der Waals surface area contributed by atoms with Crippen LogP contribution in [0.5, 0.6) is 0 Å². The van der Waals surface area contributed by atoms with Gasteiger partial charge in [0.25, 0.3) is 0 Å². The third-order valence-electron chi connectivity index (χ3n) is 4.47. The molecule has 0 aliphatic carbocycles. The predicted octanol–water partition coefficient (Wildman–Crippen LogP) is 3.53. The van der Waals surface area contributed by atoms with Gasteiger partial charge >= 0.3 is 0 Å². The molecule has 146 valence electrons. The van der Waals surface area contributed by atoms with E-state index >= 15 is 0 Å². The van der Waals surface area contributed by atoms with Crippen molar-refractivity contribution in [2.45, 2.75) is 38.0 Å². The number of aliphatic hydroxyl groups excluding tert-OH is 1. The van der Waals surface area contributed by atoms with Crippen molar-refractivity contribution >= 4 is 8.07 Å². The van der Waals surface area contributed by atoms with Gasteiger partial charge in [0.1, 0.15) is 36.8 Å². The van der Waals surface area contributed by atoms with E-state index in [0.29, 0.717) is 30.2 Å². The number of oxazole rings is 1. The fourth-order valence-electron chi connectivity index (χ4n) is 2.89. The molecule has 2 aromatic rings. The first-order valence-electron chi connectivity index (χ1n) is 8.97. The van der Waals surface area contributed by atoms with Gasteiger partial charge in [0, 0.05) is 32.6 Å². The van der Waals surface area contributed by atoms with E-state index in [1.54, 1.807) is 12.3 Å². The zero-order chi connectivity index (χ0) is 19.4. The van der Waals surface area contributed by atoms with E-state index < -0.39 is 26.2 Å². The summed E-state index contributed by atoms with van der Waals surface area (Å²) in [4.78, 5) is 5.98. The molecule has 8 heteroatoms. The van der Waals surface area contributed by atoms with Crippen molar-refractivity contribution in [3.63, 3.8) is 0 Å². The summed E-state index contributed by atoms with van der Waals surface area (Å²) >= 11 is 0. The third kappa shape index (κ3) is 4.97. The number of aliphatic hydroxyl groups is 1. The second-order valence-electron chi connectivity index (χ2n) is 7.84. The van der Waals surface area contributed by atoms with Crippen LogP contribution in [0, 0.1) is 5.82 Å². The topological polar surface area (TPSA) is 70.8 Å². The fraction of sp³-hybridized carbons (Fsp3) is 0.421. The lowest BCUT2D eigenvalue weighted by atomic mass is 9.98. The number of aromatic nitrogens is 1. The molecular formula is C19H26FN3O3Si. The summed E-state index contributed by atoms with van der Waals surface area (Å²) in [7, 11) is -1.15. The molecule has 0 fully saturated rings. The first kappa shape index (κ1) is 19.6. The Morgan fingerprint density at radius 1 is 1.41 bits per heavy atom. The van der Waals surface area contributed by atoms with Crippen LogP contribution in [0.4, 0.5) is 4.39 Å². The van der Waals surface area contributed by atoms with Crippen LogP contribution < -0.4 is 5.32 Å². The molecule has 1 aliphatic rings. The van der Waals surface area contributed by atoms with E-state index in [4.69, 9.17) is 9.15 Å². The number of halogens is 1. The van der Waals surface area contributed by atoms with Crippen molar-refractivity contribution in [2.75, 3.05) is 13.3 Å². The molecule has 3 rings (SSSR count). The predicted molar refractivity (Wildman–Crippen MR) is 104 cm³/mol. The number of benzene rings is 1. The monoisotopic (exact) mass is 391 g/mol. The first-order valence-corrected chi connectivity index (χ1v) is 12.7. The van der Waals surface area contributed by atoms with Crippen LogP contribution in [0.15, 0.2) is 47.7 Å².